The molecule has 0 saturated heterocycles. The minimum absolute atomic E-state index is 0.125. The fraction of sp³-hybridized carbons (Fsp3) is 0.375. The molecule has 1 aromatic heterocycles. The predicted octanol–water partition coefficient (Wildman–Crippen LogP) is 3.58. The molecule has 2 amide bonds. The molecule has 2 N–H and O–H groups in total. The van der Waals surface area contributed by atoms with Gasteiger partial charge in [-0.2, -0.15) is 0 Å². The van der Waals surface area contributed by atoms with Gasteiger partial charge in [0.05, 0.1) is 5.75 Å². The second-order valence-corrected chi connectivity index (χ2v) is 8.84. The number of nitrogens with zero attached hydrogens (tertiary/aromatic N) is 2. The van der Waals surface area contributed by atoms with Gasteiger partial charge in [0.2, 0.25) is 16.9 Å². The van der Waals surface area contributed by atoms with E-state index < -0.39 is 5.41 Å². The largest absolute Gasteiger partial charge is 0.351 e. The summed E-state index contributed by atoms with van der Waals surface area (Å²) in [5.41, 5.74) is 0.364. The van der Waals surface area contributed by atoms with Crippen LogP contribution in [0.1, 0.15) is 26.3 Å². The molecular weight excluding hydrogens is 380 g/mol. The van der Waals surface area contributed by atoms with Gasteiger partial charge in [-0.3, -0.25) is 9.59 Å². The van der Waals surface area contributed by atoms with E-state index >= 15 is 0 Å². The fourth-order valence-corrected chi connectivity index (χ4v) is 3.40. The van der Waals surface area contributed by atoms with Crippen LogP contribution in [-0.4, -0.2) is 27.8 Å². The van der Waals surface area contributed by atoms with Gasteiger partial charge >= 0.3 is 0 Å². The molecule has 0 fully saturated rings. The number of hydrogen-bond donors (Lipinski definition) is 2. The number of thioether (sulfide) groups is 1. The van der Waals surface area contributed by atoms with Crippen molar-refractivity contribution >= 4 is 51.6 Å². The Kier molecular flexibility index (Phi) is 6.80. The Hall–Kier alpha value is -1.64. The first-order valence-electron chi connectivity index (χ1n) is 7.53. The Labute approximate surface area is 159 Å². The first kappa shape index (κ1) is 19.7. The molecule has 1 heterocycles. The number of carbonyl (C=O) groups excluding carboxylic acids is 2. The summed E-state index contributed by atoms with van der Waals surface area (Å²) in [5, 5.41) is 14.5. The second kappa shape index (κ2) is 8.64. The van der Waals surface area contributed by atoms with Crippen LogP contribution in [0.15, 0.2) is 28.6 Å². The zero-order valence-electron chi connectivity index (χ0n) is 14.1. The standard InChI is InChI=1S/C16H19ClN4O2S2/c1-16(2,3)13(23)19-14-20-21-15(25-14)24-9-12(22)18-8-10-6-4-5-7-11(10)17/h4-7H,8-9H2,1-3H3,(H,18,22)(H,19,20,23). The van der Waals surface area contributed by atoms with Crippen LogP contribution in [0, 0.1) is 5.41 Å². The van der Waals surface area contributed by atoms with Crippen molar-refractivity contribution in [3.05, 3.63) is 34.9 Å². The molecule has 0 saturated carbocycles. The van der Waals surface area contributed by atoms with E-state index in [1.54, 1.807) is 6.07 Å². The van der Waals surface area contributed by atoms with E-state index in [-0.39, 0.29) is 17.6 Å². The molecule has 0 aliphatic carbocycles. The number of anilines is 1. The van der Waals surface area contributed by atoms with Crippen LogP contribution >= 0.6 is 34.7 Å². The number of rotatable bonds is 6. The van der Waals surface area contributed by atoms with Crippen molar-refractivity contribution in [1.29, 1.82) is 0 Å². The Morgan fingerprint density at radius 2 is 1.96 bits per heavy atom. The summed E-state index contributed by atoms with van der Waals surface area (Å²) in [6, 6.07) is 7.36. The van der Waals surface area contributed by atoms with Crippen LogP contribution in [0.4, 0.5) is 5.13 Å². The van der Waals surface area contributed by atoms with Crippen LogP contribution in [0.5, 0.6) is 0 Å². The summed E-state index contributed by atoms with van der Waals surface area (Å²) in [6.07, 6.45) is 0. The maximum Gasteiger partial charge on any atom is 0.231 e. The first-order valence-corrected chi connectivity index (χ1v) is 9.71. The lowest BCUT2D eigenvalue weighted by Gasteiger charge is -2.15. The van der Waals surface area contributed by atoms with Crippen molar-refractivity contribution in [1.82, 2.24) is 15.5 Å². The molecule has 134 valence electrons. The molecule has 0 spiro atoms. The average Bonchev–Trinajstić information content (AvgIpc) is 2.99. The van der Waals surface area contributed by atoms with Gasteiger partial charge in [0, 0.05) is 17.0 Å². The number of carbonyl (C=O) groups is 2. The number of amides is 2. The van der Waals surface area contributed by atoms with E-state index in [9.17, 15) is 9.59 Å². The average molecular weight is 399 g/mol. The molecule has 0 unspecified atom stereocenters. The highest BCUT2D eigenvalue weighted by atomic mass is 35.5. The smallest absolute Gasteiger partial charge is 0.231 e. The summed E-state index contributed by atoms with van der Waals surface area (Å²) in [6.45, 7) is 5.84. The molecule has 6 nitrogen and oxygen atoms in total. The zero-order valence-corrected chi connectivity index (χ0v) is 16.5. The third-order valence-corrected chi connectivity index (χ3v) is 5.41. The molecule has 0 aliphatic heterocycles. The molecule has 2 rings (SSSR count). The molecule has 9 heteroatoms. The molecule has 25 heavy (non-hydrogen) atoms. The summed E-state index contributed by atoms with van der Waals surface area (Å²) in [7, 11) is 0. The van der Waals surface area contributed by atoms with E-state index in [4.69, 9.17) is 11.6 Å². The predicted molar refractivity (Wildman–Crippen MR) is 102 cm³/mol. The lowest BCUT2D eigenvalue weighted by molar-refractivity contribution is -0.123. The Bertz CT molecular complexity index is 759. The summed E-state index contributed by atoms with van der Waals surface area (Å²) < 4.78 is 0.622. The van der Waals surface area contributed by atoms with Gasteiger partial charge in [-0.15, -0.1) is 10.2 Å². The minimum Gasteiger partial charge on any atom is -0.351 e. The van der Waals surface area contributed by atoms with Gasteiger partial charge in [-0.25, -0.2) is 0 Å². The monoisotopic (exact) mass is 398 g/mol. The van der Waals surface area contributed by atoms with E-state index in [1.165, 1.54) is 23.1 Å². The normalized spacial score (nSPS) is 11.2. The highest BCUT2D eigenvalue weighted by Gasteiger charge is 2.22. The molecule has 1 aromatic carbocycles. The van der Waals surface area contributed by atoms with Gasteiger partial charge in [0.1, 0.15) is 0 Å². The van der Waals surface area contributed by atoms with E-state index in [1.807, 2.05) is 39.0 Å². The summed E-state index contributed by atoms with van der Waals surface area (Å²) in [5.74, 6) is -0.0372. The van der Waals surface area contributed by atoms with Crippen molar-refractivity contribution in [3.63, 3.8) is 0 Å². The van der Waals surface area contributed by atoms with Crippen molar-refractivity contribution in [2.24, 2.45) is 5.41 Å². The van der Waals surface area contributed by atoms with Crippen molar-refractivity contribution in [2.75, 3.05) is 11.1 Å². The van der Waals surface area contributed by atoms with Gasteiger partial charge in [0.25, 0.3) is 0 Å². The third-order valence-electron chi connectivity index (χ3n) is 3.07. The van der Waals surface area contributed by atoms with Crippen LogP contribution in [-0.2, 0) is 16.1 Å². The van der Waals surface area contributed by atoms with E-state index in [0.29, 0.717) is 21.0 Å². The van der Waals surface area contributed by atoms with Crippen molar-refractivity contribution in [3.8, 4) is 0 Å². The van der Waals surface area contributed by atoms with Crippen LogP contribution in [0.25, 0.3) is 0 Å². The second-order valence-electron chi connectivity index (χ2n) is 6.23. The Morgan fingerprint density at radius 3 is 2.64 bits per heavy atom. The number of halogens is 1. The lowest BCUT2D eigenvalue weighted by atomic mass is 9.96. The van der Waals surface area contributed by atoms with Crippen LogP contribution in [0.3, 0.4) is 0 Å². The number of benzene rings is 1. The minimum atomic E-state index is -0.502. The number of hydrogen-bond acceptors (Lipinski definition) is 6. The molecule has 0 bridgehead atoms. The zero-order chi connectivity index (χ0) is 18.4. The molecule has 0 radical (unpaired) electrons. The topological polar surface area (TPSA) is 84.0 Å². The summed E-state index contributed by atoms with van der Waals surface area (Å²) >= 11 is 8.57. The maximum absolute atomic E-state index is 11.9. The first-order chi connectivity index (χ1) is 11.8. The van der Waals surface area contributed by atoms with Gasteiger partial charge in [-0.05, 0) is 11.6 Å². The number of nitrogens with one attached hydrogen (secondary N) is 2. The Balaban J connectivity index is 1.79. The fourth-order valence-electron chi connectivity index (χ4n) is 1.62. The van der Waals surface area contributed by atoms with Crippen molar-refractivity contribution < 1.29 is 9.59 Å². The third kappa shape index (κ3) is 6.30. The van der Waals surface area contributed by atoms with Crippen LogP contribution in [0.2, 0.25) is 5.02 Å². The molecule has 2 aromatic rings. The van der Waals surface area contributed by atoms with Gasteiger partial charge in [0.15, 0.2) is 4.34 Å². The SMILES string of the molecule is CC(C)(C)C(=O)Nc1nnc(SCC(=O)NCc2ccccc2Cl)s1. The van der Waals surface area contributed by atoms with Crippen molar-refractivity contribution in [2.45, 2.75) is 31.7 Å². The highest BCUT2D eigenvalue weighted by Crippen LogP contribution is 2.26. The quantitative estimate of drug-likeness (QED) is 0.573. The van der Waals surface area contributed by atoms with Gasteiger partial charge in [-0.1, -0.05) is 73.7 Å². The number of aromatic nitrogens is 2. The van der Waals surface area contributed by atoms with Gasteiger partial charge < -0.3 is 10.6 Å². The summed E-state index contributed by atoms with van der Waals surface area (Å²) in [4.78, 5) is 23.8. The van der Waals surface area contributed by atoms with Crippen LogP contribution < -0.4 is 10.6 Å². The van der Waals surface area contributed by atoms with E-state index in [2.05, 4.69) is 20.8 Å². The molecule has 0 aliphatic rings. The molecular formula is C16H19ClN4O2S2. The van der Waals surface area contributed by atoms with E-state index in [0.717, 1.165) is 5.56 Å². The highest BCUT2D eigenvalue weighted by molar-refractivity contribution is 8.01. The molecule has 0 atom stereocenters. The maximum atomic E-state index is 11.9. The lowest BCUT2D eigenvalue weighted by Crippen LogP contribution is -2.27. The Morgan fingerprint density at radius 1 is 1.24 bits per heavy atom.